The predicted molar refractivity (Wildman–Crippen MR) is 83.8 cm³/mol. The summed E-state index contributed by atoms with van der Waals surface area (Å²) in [5.41, 5.74) is 4.58. The van der Waals surface area contributed by atoms with Crippen LogP contribution in [0.1, 0.15) is 41.7 Å². The normalized spacial score (nSPS) is 14.3. The number of allylic oxidation sites excluding steroid dienone is 1. The third-order valence-electron chi connectivity index (χ3n) is 3.76. The Balaban J connectivity index is 2.10. The number of hydrogen-bond acceptors (Lipinski definition) is 2. The van der Waals surface area contributed by atoms with Crippen LogP contribution in [0.3, 0.4) is 0 Å². The Hall–Kier alpha value is -2.35. The molecule has 2 aromatic carbocycles. The standard InChI is InChI=1S/C19H18O2/c1-14(20)21-19(16-9-3-2-4-10-16)18-13-7-11-15-8-5-6-12-17(15)18/h2-4,6-7,9-13,19H,5,8H2,1H3. The molecule has 0 spiro atoms. The number of ether oxygens (including phenoxy) is 1. The minimum Gasteiger partial charge on any atom is -0.453 e. The number of hydrogen-bond donors (Lipinski definition) is 0. The van der Waals surface area contributed by atoms with Gasteiger partial charge < -0.3 is 4.74 Å². The highest BCUT2D eigenvalue weighted by Crippen LogP contribution is 2.33. The van der Waals surface area contributed by atoms with Gasteiger partial charge in [0.1, 0.15) is 0 Å². The molecule has 3 rings (SSSR count). The van der Waals surface area contributed by atoms with Crippen LogP contribution < -0.4 is 0 Å². The van der Waals surface area contributed by atoms with Gasteiger partial charge in [0.15, 0.2) is 6.10 Å². The number of fused-ring (bicyclic) bond motifs is 1. The molecule has 1 atom stereocenters. The molecule has 1 unspecified atom stereocenters. The average molecular weight is 278 g/mol. The van der Waals surface area contributed by atoms with Gasteiger partial charge in [-0.3, -0.25) is 4.79 Å². The van der Waals surface area contributed by atoms with Gasteiger partial charge in [-0.2, -0.15) is 0 Å². The van der Waals surface area contributed by atoms with E-state index in [-0.39, 0.29) is 12.1 Å². The Labute approximate surface area is 125 Å². The van der Waals surface area contributed by atoms with Gasteiger partial charge in [0.05, 0.1) is 0 Å². The fraction of sp³-hybridized carbons (Fsp3) is 0.211. The summed E-state index contributed by atoms with van der Waals surface area (Å²) in [5, 5.41) is 0. The van der Waals surface area contributed by atoms with E-state index in [1.165, 1.54) is 18.1 Å². The monoisotopic (exact) mass is 278 g/mol. The van der Waals surface area contributed by atoms with Crippen LogP contribution in [0.4, 0.5) is 0 Å². The second kappa shape index (κ2) is 5.96. The molecule has 0 bridgehead atoms. The second-order valence-electron chi connectivity index (χ2n) is 5.26. The number of carbonyl (C=O) groups excluding carboxylic acids is 1. The molecule has 2 aromatic rings. The van der Waals surface area contributed by atoms with Gasteiger partial charge in [-0.25, -0.2) is 0 Å². The van der Waals surface area contributed by atoms with E-state index in [0.717, 1.165) is 24.0 Å². The van der Waals surface area contributed by atoms with Crippen LogP contribution in [-0.2, 0) is 16.0 Å². The molecular formula is C19H18O2. The summed E-state index contributed by atoms with van der Waals surface area (Å²) >= 11 is 0. The third kappa shape index (κ3) is 2.89. The largest absolute Gasteiger partial charge is 0.453 e. The van der Waals surface area contributed by atoms with Crippen LogP contribution >= 0.6 is 0 Å². The van der Waals surface area contributed by atoms with Crippen LogP contribution in [0.25, 0.3) is 6.08 Å². The number of rotatable bonds is 3. The zero-order valence-corrected chi connectivity index (χ0v) is 12.1. The highest BCUT2D eigenvalue weighted by molar-refractivity contribution is 5.68. The number of esters is 1. The van der Waals surface area contributed by atoms with Crippen molar-refractivity contribution in [2.75, 3.05) is 0 Å². The summed E-state index contributed by atoms with van der Waals surface area (Å²) in [6, 6.07) is 16.2. The second-order valence-corrected chi connectivity index (χ2v) is 5.26. The Kier molecular flexibility index (Phi) is 3.87. The predicted octanol–water partition coefficient (Wildman–Crippen LogP) is 4.30. The summed E-state index contributed by atoms with van der Waals surface area (Å²) in [6.07, 6.45) is 6.10. The van der Waals surface area contributed by atoms with Crippen molar-refractivity contribution in [3.8, 4) is 0 Å². The minimum atomic E-state index is -0.346. The smallest absolute Gasteiger partial charge is 0.303 e. The number of carbonyl (C=O) groups is 1. The van der Waals surface area contributed by atoms with E-state index in [4.69, 9.17) is 4.74 Å². The Morgan fingerprint density at radius 3 is 2.67 bits per heavy atom. The van der Waals surface area contributed by atoms with Crippen molar-refractivity contribution in [1.29, 1.82) is 0 Å². The van der Waals surface area contributed by atoms with Crippen LogP contribution in [-0.4, -0.2) is 5.97 Å². The Morgan fingerprint density at radius 2 is 1.90 bits per heavy atom. The zero-order chi connectivity index (χ0) is 14.7. The first-order valence-corrected chi connectivity index (χ1v) is 7.26. The first-order valence-electron chi connectivity index (χ1n) is 7.26. The summed E-state index contributed by atoms with van der Waals surface area (Å²) in [4.78, 5) is 11.5. The lowest BCUT2D eigenvalue weighted by Crippen LogP contribution is -2.12. The first-order chi connectivity index (χ1) is 10.3. The molecule has 0 amide bonds. The summed E-state index contributed by atoms with van der Waals surface area (Å²) < 4.78 is 5.62. The first kappa shape index (κ1) is 13.6. The minimum absolute atomic E-state index is 0.263. The van der Waals surface area contributed by atoms with E-state index in [1.807, 2.05) is 36.4 Å². The van der Waals surface area contributed by atoms with Crippen molar-refractivity contribution < 1.29 is 9.53 Å². The van der Waals surface area contributed by atoms with Crippen molar-refractivity contribution >= 4 is 12.0 Å². The molecule has 0 radical (unpaired) electrons. The van der Waals surface area contributed by atoms with Crippen LogP contribution in [0.2, 0.25) is 0 Å². The van der Waals surface area contributed by atoms with Gasteiger partial charge in [-0.05, 0) is 29.5 Å². The summed E-state index contributed by atoms with van der Waals surface area (Å²) in [7, 11) is 0. The fourth-order valence-electron chi connectivity index (χ4n) is 2.83. The van der Waals surface area contributed by atoms with E-state index in [9.17, 15) is 4.79 Å². The summed E-state index contributed by atoms with van der Waals surface area (Å²) in [5.74, 6) is -0.263. The molecule has 21 heavy (non-hydrogen) atoms. The van der Waals surface area contributed by atoms with Crippen LogP contribution in [0, 0.1) is 0 Å². The lowest BCUT2D eigenvalue weighted by molar-refractivity contribution is -0.144. The van der Waals surface area contributed by atoms with Gasteiger partial charge in [0, 0.05) is 12.5 Å². The Bertz CT molecular complexity index is 671. The van der Waals surface area contributed by atoms with Crippen molar-refractivity contribution in [1.82, 2.24) is 0 Å². The van der Waals surface area contributed by atoms with Gasteiger partial charge >= 0.3 is 5.97 Å². The molecule has 0 saturated carbocycles. The van der Waals surface area contributed by atoms with Gasteiger partial charge in [0.25, 0.3) is 0 Å². The van der Waals surface area contributed by atoms with Crippen molar-refractivity contribution in [3.63, 3.8) is 0 Å². The molecule has 0 aliphatic heterocycles. The number of benzene rings is 2. The van der Waals surface area contributed by atoms with E-state index >= 15 is 0 Å². The lowest BCUT2D eigenvalue weighted by Gasteiger charge is -2.23. The maximum atomic E-state index is 11.5. The fourth-order valence-corrected chi connectivity index (χ4v) is 2.83. The van der Waals surface area contributed by atoms with E-state index in [1.54, 1.807) is 0 Å². The van der Waals surface area contributed by atoms with Crippen LogP contribution in [0.15, 0.2) is 54.6 Å². The van der Waals surface area contributed by atoms with E-state index in [2.05, 4.69) is 24.3 Å². The molecule has 1 aliphatic carbocycles. The summed E-state index contributed by atoms with van der Waals surface area (Å²) in [6.45, 7) is 1.46. The van der Waals surface area contributed by atoms with E-state index in [0.29, 0.717) is 0 Å². The topological polar surface area (TPSA) is 26.3 Å². The highest BCUT2D eigenvalue weighted by Gasteiger charge is 2.21. The molecular weight excluding hydrogens is 260 g/mol. The average Bonchev–Trinajstić information content (AvgIpc) is 2.53. The lowest BCUT2D eigenvalue weighted by atomic mass is 9.89. The molecule has 0 heterocycles. The molecule has 2 nitrogen and oxygen atoms in total. The van der Waals surface area contributed by atoms with Crippen molar-refractivity contribution in [2.24, 2.45) is 0 Å². The molecule has 0 fully saturated rings. The third-order valence-corrected chi connectivity index (χ3v) is 3.76. The maximum absolute atomic E-state index is 11.5. The Morgan fingerprint density at radius 1 is 1.10 bits per heavy atom. The van der Waals surface area contributed by atoms with Gasteiger partial charge in [0.2, 0.25) is 0 Å². The van der Waals surface area contributed by atoms with Crippen molar-refractivity contribution in [3.05, 3.63) is 76.9 Å². The highest BCUT2D eigenvalue weighted by atomic mass is 16.5. The van der Waals surface area contributed by atoms with Gasteiger partial charge in [-0.1, -0.05) is 60.7 Å². The number of aryl methyl sites for hydroxylation is 1. The molecule has 0 saturated heterocycles. The van der Waals surface area contributed by atoms with E-state index < -0.39 is 0 Å². The zero-order valence-electron chi connectivity index (χ0n) is 12.1. The molecule has 1 aliphatic rings. The quantitative estimate of drug-likeness (QED) is 0.782. The molecule has 0 aromatic heterocycles. The molecule has 0 N–H and O–H groups in total. The van der Waals surface area contributed by atoms with Gasteiger partial charge in [-0.15, -0.1) is 0 Å². The SMILES string of the molecule is CC(=O)OC(c1ccccc1)c1cccc2c1C=CCC2. The maximum Gasteiger partial charge on any atom is 0.303 e. The molecule has 106 valence electrons. The van der Waals surface area contributed by atoms with Crippen molar-refractivity contribution in [2.45, 2.75) is 25.9 Å². The van der Waals surface area contributed by atoms with Crippen LogP contribution in [0.5, 0.6) is 0 Å². The molecule has 2 heteroatoms.